The molecule has 0 aromatic heterocycles. The molecule has 1 aliphatic heterocycles. The number of ether oxygens (including phenoxy) is 2. The highest BCUT2D eigenvalue weighted by molar-refractivity contribution is 9.10. The van der Waals surface area contributed by atoms with Gasteiger partial charge in [0.15, 0.2) is 6.10 Å². The smallest absolute Gasteiger partial charge is 0.262 e. The third kappa shape index (κ3) is 3.33. The molecule has 1 amide bonds. The van der Waals surface area contributed by atoms with Crippen molar-refractivity contribution in [3.63, 3.8) is 0 Å². The van der Waals surface area contributed by atoms with Crippen LogP contribution in [0.1, 0.15) is 5.56 Å². The molecule has 0 bridgehead atoms. The molecular formula is C18H19BrN2O3. The third-order valence-electron chi connectivity index (χ3n) is 4.00. The maximum absolute atomic E-state index is 12.1. The zero-order chi connectivity index (χ0) is 17.1. The van der Waals surface area contributed by atoms with Crippen molar-refractivity contribution in [3.8, 4) is 11.5 Å². The predicted molar refractivity (Wildman–Crippen MR) is 96.7 cm³/mol. The molecule has 1 atom stereocenters. The van der Waals surface area contributed by atoms with Crippen LogP contribution in [0.25, 0.3) is 0 Å². The number of halogens is 1. The summed E-state index contributed by atoms with van der Waals surface area (Å²) in [5, 5.41) is 2.66. The third-order valence-corrected chi connectivity index (χ3v) is 4.50. The number of fused-ring (bicyclic) bond motifs is 1. The SMILES string of the molecule is CNC(=O)C1CN(Cc2cc(Br)ccc2OC)c2ccccc2O1. The van der Waals surface area contributed by atoms with E-state index in [1.54, 1.807) is 14.2 Å². The van der Waals surface area contributed by atoms with E-state index in [4.69, 9.17) is 9.47 Å². The number of nitrogens with one attached hydrogen (secondary N) is 1. The molecule has 1 heterocycles. The summed E-state index contributed by atoms with van der Waals surface area (Å²) in [6.45, 7) is 1.10. The van der Waals surface area contributed by atoms with Crippen LogP contribution < -0.4 is 19.7 Å². The van der Waals surface area contributed by atoms with Gasteiger partial charge < -0.3 is 19.7 Å². The fourth-order valence-corrected chi connectivity index (χ4v) is 3.24. The van der Waals surface area contributed by atoms with E-state index >= 15 is 0 Å². The molecule has 0 aliphatic carbocycles. The van der Waals surface area contributed by atoms with Crippen LogP contribution in [0.15, 0.2) is 46.9 Å². The first-order valence-electron chi connectivity index (χ1n) is 7.67. The normalized spacial score (nSPS) is 16.1. The number of likely N-dealkylation sites (N-methyl/N-ethyl adjacent to an activating group) is 1. The zero-order valence-electron chi connectivity index (χ0n) is 13.6. The summed E-state index contributed by atoms with van der Waals surface area (Å²) in [7, 11) is 3.28. The largest absolute Gasteiger partial charge is 0.496 e. The fraction of sp³-hybridized carbons (Fsp3) is 0.278. The molecule has 1 unspecified atom stereocenters. The molecule has 0 fully saturated rings. The first kappa shape index (κ1) is 16.6. The van der Waals surface area contributed by atoms with E-state index in [2.05, 4.69) is 26.1 Å². The van der Waals surface area contributed by atoms with E-state index in [0.29, 0.717) is 18.8 Å². The number of carbonyl (C=O) groups is 1. The van der Waals surface area contributed by atoms with Crippen LogP contribution in [0.4, 0.5) is 5.69 Å². The van der Waals surface area contributed by atoms with Crippen LogP contribution in [0, 0.1) is 0 Å². The van der Waals surface area contributed by atoms with Crippen molar-refractivity contribution in [2.24, 2.45) is 0 Å². The fourth-order valence-electron chi connectivity index (χ4n) is 2.83. The molecule has 2 aromatic rings. The number of carbonyl (C=O) groups excluding carboxylic acids is 1. The molecule has 3 rings (SSSR count). The van der Waals surface area contributed by atoms with Crippen LogP contribution >= 0.6 is 15.9 Å². The Morgan fingerprint density at radius 1 is 1.38 bits per heavy atom. The van der Waals surface area contributed by atoms with Crippen molar-refractivity contribution in [1.29, 1.82) is 0 Å². The van der Waals surface area contributed by atoms with Gasteiger partial charge in [0.05, 0.1) is 19.3 Å². The Morgan fingerprint density at radius 3 is 2.92 bits per heavy atom. The second-order valence-electron chi connectivity index (χ2n) is 5.53. The lowest BCUT2D eigenvalue weighted by Crippen LogP contribution is -2.47. The molecule has 24 heavy (non-hydrogen) atoms. The van der Waals surface area contributed by atoms with Crippen molar-refractivity contribution in [2.75, 3.05) is 25.6 Å². The van der Waals surface area contributed by atoms with Crippen LogP contribution in [-0.2, 0) is 11.3 Å². The minimum atomic E-state index is -0.539. The van der Waals surface area contributed by atoms with Crippen molar-refractivity contribution in [1.82, 2.24) is 5.32 Å². The summed E-state index contributed by atoms with van der Waals surface area (Å²) in [5.74, 6) is 1.40. The Bertz CT molecular complexity index is 751. The van der Waals surface area contributed by atoms with E-state index in [1.807, 2.05) is 42.5 Å². The van der Waals surface area contributed by atoms with Gasteiger partial charge in [-0.3, -0.25) is 4.79 Å². The van der Waals surface area contributed by atoms with E-state index in [0.717, 1.165) is 21.5 Å². The average Bonchev–Trinajstić information content (AvgIpc) is 2.61. The molecule has 0 saturated heterocycles. The lowest BCUT2D eigenvalue weighted by molar-refractivity contribution is -0.127. The van der Waals surface area contributed by atoms with E-state index in [-0.39, 0.29) is 5.91 Å². The lowest BCUT2D eigenvalue weighted by atomic mass is 10.1. The number of rotatable bonds is 4. The standard InChI is InChI=1S/C18H19BrN2O3/c1-20-18(22)17-11-21(14-5-3-4-6-16(14)24-17)10-12-9-13(19)7-8-15(12)23-2/h3-9,17H,10-11H2,1-2H3,(H,20,22). The zero-order valence-corrected chi connectivity index (χ0v) is 15.2. The predicted octanol–water partition coefficient (Wildman–Crippen LogP) is 2.97. The quantitative estimate of drug-likeness (QED) is 0.871. The number of anilines is 1. The Labute approximate surface area is 149 Å². The number of hydrogen-bond donors (Lipinski definition) is 1. The van der Waals surface area contributed by atoms with Crippen LogP contribution in [0.2, 0.25) is 0 Å². The Balaban J connectivity index is 1.94. The summed E-state index contributed by atoms with van der Waals surface area (Å²) in [6, 6.07) is 13.7. The molecule has 5 nitrogen and oxygen atoms in total. The van der Waals surface area contributed by atoms with Gasteiger partial charge in [0.2, 0.25) is 0 Å². The lowest BCUT2D eigenvalue weighted by Gasteiger charge is -2.35. The molecular weight excluding hydrogens is 372 g/mol. The van der Waals surface area contributed by atoms with Gasteiger partial charge in [0.25, 0.3) is 5.91 Å². The Morgan fingerprint density at radius 2 is 2.17 bits per heavy atom. The second kappa shape index (κ2) is 7.13. The van der Waals surface area contributed by atoms with Gasteiger partial charge >= 0.3 is 0 Å². The van der Waals surface area contributed by atoms with Crippen LogP contribution in [0.5, 0.6) is 11.5 Å². The van der Waals surface area contributed by atoms with E-state index in [1.165, 1.54) is 0 Å². The topological polar surface area (TPSA) is 50.8 Å². The van der Waals surface area contributed by atoms with Gasteiger partial charge in [-0.2, -0.15) is 0 Å². The van der Waals surface area contributed by atoms with Gasteiger partial charge in [0, 0.05) is 23.6 Å². The Hall–Kier alpha value is -2.21. The number of nitrogens with zero attached hydrogens (tertiary/aromatic N) is 1. The second-order valence-corrected chi connectivity index (χ2v) is 6.44. The molecule has 0 spiro atoms. The summed E-state index contributed by atoms with van der Waals surface area (Å²) in [4.78, 5) is 14.2. The number of hydrogen-bond acceptors (Lipinski definition) is 4. The van der Waals surface area contributed by atoms with Crippen molar-refractivity contribution < 1.29 is 14.3 Å². The maximum atomic E-state index is 12.1. The summed E-state index contributed by atoms with van der Waals surface area (Å²) in [6.07, 6.45) is -0.539. The van der Waals surface area contributed by atoms with E-state index in [9.17, 15) is 4.79 Å². The summed E-state index contributed by atoms with van der Waals surface area (Å²) in [5.41, 5.74) is 2.01. The number of amides is 1. The number of para-hydroxylation sites is 2. The van der Waals surface area contributed by atoms with Gasteiger partial charge in [-0.05, 0) is 30.3 Å². The first-order valence-corrected chi connectivity index (χ1v) is 8.46. The van der Waals surface area contributed by atoms with Gasteiger partial charge in [0.1, 0.15) is 11.5 Å². The number of benzene rings is 2. The van der Waals surface area contributed by atoms with Crippen LogP contribution in [0.3, 0.4) is 0 Å². The highest BCUT2D eigenvalue weighted by Crippen LogP contribution is 2.35. The van der Waals surface area contributed by atoms with Crippen molar-refractivity contribution in [2.45, 2.75) is 12.6 Å². The molecule has 126 valence electrons. The molecule has 1 N–H and O–H groups in total. The maximum Gasteiger partial charge on any atom is 0.262 e. The monoisotopic (exact) mass is 390 g/mol. The molecule has 0 saturated carbocycles. The van der Waals surface area contributed by atoms with Gasteiger partial charge in [-0.1, -0.05) is 28.1 Å². The molecule has 1 aliphatic rings. The van der Waals surface area contributed by atoms with Crippen molar-refractivity contribution >= 4 is 27.5 Å². The first-order chi connectivity index (χ1) is 11.6. The molecule has 6 heteroatoms. The van der Waals surface area contributed by atoms with E-state index < -0.39 is 6.10 Å². The summed E-state index contributed by atoms with van der Waals surface area (Å²) < 4.78 is 12.3. The van der Waals surface area contributed by atoms with Gasteiger partial charge in [-0.15, -0.1) is 0 Å². The highest BCUT2D eigenvalue weighted by atomic mass is 79.9. The minimum absolute atomic E-state index is 0.129. The minimum Gasteiger partial charge on any atom is -0.496 e. The highest BCUT2D eigenvalue weighted by Gasteiger charge is 2.30. The summed E-state index contributed by atoms with van der Waals surface area (Å²) >= 11 is 3.51. The van der Waals surface area contributed by atoms with Gasteiger partial charge in [-0.25, -0.2) is 0 Å². The average molecular weight is 391 g/mol. The van der Waals surface area contributed by atoms with Crippen LogP contribution in [-0.4, -0.2) is 32.7 Å². The molecule has 0 radical (unpaired) electrons. The molecule has 2 aromatic carbocycles. The van der Waals surface area contributed by atoms with Crippen molar-refractivity contribution in [3.05, 3.63) is 52.5 Å². The number of methoxy groups -OCH3 is 1. The Kier molecular flexibility index (Phi) is 4.94.